The van der Waals surface area contributed by atoms with Gasteiger partial charge in [0.05, 0.1) is 12.2 Å². The Labute approximate surface area is 120 Å². The number of rotatable bonds is 4. The highest BCUT2D eigenvalue weighted by Gasteiger charge is 2.34. The van der Waals surface area contributed by atoms with Crippen molar-refractivity contribution in [3.8, 4) is 0 Å². The van der Waals surface area contributed by atoms with E-state index in [4.69, 9.17) is 4.74 Å². The minimum absolute atomic E-state index is 0.241. The molecule has 2 fully saturated rings. The molecule has 0 spiro atoms. The lowest BCUT2D eigenvalue weighted by atomic mass is 9.80. The average Bonchev–Trinajstić information content (AvgIpc) is 2.40. The molecular formula is C15H27IO. The molecule has 0 aromatic rings. The summed E-state index contributed by atoms with van der Waals surface area (Å²) < 4.78 is 7.58. The zero-order valence-corrected chi connectivity index (χ0v) is 13.4. The highest BCUT2D eigenvalue weighted by atomic mass is 127. The van der Waals surface area contributed by atoms with Crippen LogP contribution in [0.4, 0.5) is 0 Å². The van der Waals surface area contributed by atoms with E-state index in [2.05, 4.69) is 29.5 Å². The van der Waals surface area contributed by atoms with Gasteiger partial charge in [-0.3, -0.25) is 0 Å². The first-order valence-corrected chi connectivity index (χ1v) is 8.96. The van der Waals surface area contributed by atoms with Crippen molar-refractivity contribution < 1.29 is 4.74 Å². The maximum atomic E-state index is 6.40. The Kier molecular flexibility index (Phi) is 5.59. The third-order valence-corrected chi connectivity index (χ3v) is 6.17. The molecule has 0 aromatic heterocycles. The quantitative estimate of drug-likeness (QED) is 0.514. The molecule has 0 atom stereocenters. The number of hydrogen-bond donors (Lipinski definition) is 0. The number of alkyl halides is 1. The van der Waals surface area contributed by atoms with E-state index in [0.717, 1.165) is 18.4 Å². The molecule has 1 nitrogen and oxygen atoms in total. The average molecular weight is 350 g/mol. The predicted molar refractivity (Wildman–Crippen MR) is 81.8 cm³/mol. The fourth-order valence-electron chi connectivity index (χ4n) is 3.25. The minimum Gasteiger partial charge on any atom is -0.374 e. The Morgan fingerprint density at radius 2 is 1.71 bits per heavy atom. The first-order chi connectivity index (χ1) is 8.24. The van der Waals surface area contributed by atoms with Crippen LogP contribution in [0.3, 0.4) is 0 Å². The molecule has 0 N–H and O–H groups in total. The maximum absolute atomic E-state index is 6.40. The van der Waals surface area contributed by atoms with E-state index < -0.39 is 0 Å². The molecule has 0 heterocycles. The highest BCUT2D eigenvalue weighted by molar-refractivity contribution is 14.1. The summed E-state index contributed by atoms with van der Waals surface area (Å²) in [6.45, 7) is 3.43. The van der Waals surface area contributed by atoms with Crippen molar-refractivity contribution in [2.24, 2.45) is 11.8 Å². The molecule has 0 aliphatic heterocycles. The van der Waals surface area contributed by atoms with Crippen LogP contribution in [0.5, 0.6) is 0 Å². The molecule has 0 amide bonds. The Bertz CT molecular complexity index is 215. The molecule has 0 bridgehead atoms. The lowest BCUT2D eigenvalue weighted by Crippen LogP contribution is -2.40. The molecule has 0 saturated heterocycles. The SMILES string of the molecule is CC1CCC(CI)(OCC2CCCCC2)CC1. The Hall–Kier alpha value is 0.690. The summed E-state index contributed by atoms with van der Waals surface area (Å²) in [5, 5.41) is 0. The third kappa shape index (κ3) is 4.09. The monoisotopic (exact) mass is 350 g/mol. The van der Waals surface area contributed by atoms with E-state index in [1.54, 1.807) is 0 Å². The van der Waals surface area contributed by atoms with E-state index >= 15 is 0 Å². The lowest BCUT2D eigenvalue weighted by molar-refractivity contribution is -0.0747. The van der Waals surface area contributed by atoms with Gasteiger partial charge in [0.15, 0.2) is 0 Å². The number of hydrogen-bond acceptors (Lipinski definition) is 1. The Morgan fingerprint density at radius 1 is 1.06 bits per heavy atom. The van der Waals surface area contributed by atoms with Crippen LogP contribution in [0.2, 0.25) is 0 Å². The van der Waals surface area contributed by atoms with Crippen LogP contribution in [-0.4, -0.2) is 16.6 Å². The van der Waals surface area contributed by atoms with Gasteiger partial charge in [0.2, 0.25) is 0 Å². The second-order valence-electron chi connectivity index (χ2n) is 6.31. The standard InChI is InChI=1S/C15H27IO/c1-13-7-9-15(12-16,10-8-13)17-11-14-5-3-2-4-6-14/h13-14H,2-12H2,1H3. The molecule has 100 valence electrons. The Morgan fingerprint density at radius 3 is 2.29 bits per heavy atom. The van der Waals surface area contributed by atoms with Crippen molar-refractivity contribution in [3.63, 3.8) is 0 Å². The van der Waals surface area contributed by atoms with Crippen LogP contribution < -0.4 is 0 Å². The Balaban J connectivity index is 1.78. The van der Waals surface area contributed by atoms with Gasteiger partial charge in [0.25, 0.3) is 0 Å². The van der Waals surface area contributed by atoms with Crippen molar-refractivity contribution in [1.29, 1.82) is 0 Å². The highest BCUT2D eigenvalue weighted by Crippen LogP contribution is 2.37. The van der Waals surface area contributed by atoms with Gasteiger partial charge in [-0.1, -0.05) is 48.8 Å². The summed E-state index contributed by atoms with van der Waals surface area (Å²) in [5.74, 6) is 1.78. The normalized spacial score (nSPS) is 36.0. The molecular weight excluding hydrogens is 323 g/mol. The number of ether oxygens (including phenoxy) is 1. The molecule has 2 aliphatic rings. The van der Waals surface area contributed by atoms with Crippen molar-refractivity contribution in [2.75, 3.05) is 11.0 Å². The number of halogens is 1. The molecule has 0 unspecified atom stereocenters. The van der Waals surface area contributed by atoms with Gasteiger partial charge in [-0.25, -0.2) is 0 Å². The summed E-state index contributed by atoms with van der Waals surface area (Å²) in [4.78, 5) is 0. The van der Waals surface area contributed by atoms with Gasteiger partial charge in [0, 0.05) is 4.43 Å². The zero-order valence-electron chi connectivity index (χ0n) is 11.2. The molecule has 17 heavy (non-hydrogen) atoms. The van der Waals surface area contributed by atoms with Crippen molar-refractivity contribution in [1.82, 2.24) is 0 Å². The van der Waals surface area contributed by atoms with Gasteiger partial charge in [0.1, 0.15) is 0 Å². The van der Waals surface area contributed by atoms with E-state index in [1.807, 2.05) is 0 Å². The second kappa shape index (κ2) is 6.74. The molecule has 0 aromatic carbocycles. The minimum atomic E-state index is 0.241. The van der Waals surface area contributed by atoms with Gasteiger partial charge < -0.3 is 4.74 Å². The zero-order chi connectivity index (χ0) is 12.1. The van der Waals surface area contributed by atoms with Gasteiger partial charge in [-0.05, 0) is 50.4 Å². The molecule has 2 heteroatoms. The molecule has 2 rings (SSSR count). The van der Waals surface area contributed by atoms with Crippen molar-refractivity contribution in [2.45, 2.75) is 70.3 Å². The van der Waals surface area contributed by atoms with Gasteiger partial charge >= 0.3 is 0 Å². The third-order valence-electron chi connectivity index (χ3n) is 4.78. The summed E-state index contributed by atoms with van der Waals surface area (Å²) in [6.07, 6.45) is 12.5. The largest absolute Gasteiger partial charge is 0.374 e. The summed E-state index contributed by atoms with van der Waals surface area (Å²) in [7, 11) is 0. The van der Waals surface area contributed by atoms with E-state index in [0.29, 0.717) is 0 Å². The van der Waals surface area contributed by atoms with Crippen molar-refractivity contribution >= 4 is 22.6 Å². The summed E-state index contributed by atoms with van der Waals surface area (Å²) in [6, 6.07) is 0. The summed E-state index contributed by atoms with van der Waals surface area (Å²) >= 11 is 2.54. The second-order valence-corrected chi connectivity index (χ2v) is 7.08. The van der Waals surface area contributed by atoms with Crippen LogP contribution in [0.1, 0.15) is 64.7 Å². The van der Waals surface area contributed by atoms with Crippen LogP contribution >= 0.6 is 22.6 Å². The summed E-state index contributed by atoms with van der Waals surface area (Å²) in [5.41, 5.74) is 0.241. The topological polar surface area (TPSA) is 9.23 Å². The fraction of sp³-hybridized carbons (Fsp3) is 1.00. The maximum Gasteiger partial charge on any atom is 0.0771 e. The van der Waals surface area contributed by atoms with Gasteiger partial charge in [-0.2, -0.15) is 0 Å². The van der Waals surface area contributed by atoms with Crippen molar-refractivity contribution in [3.05, 3.63) is 0 Å². The first kappa shape index (κ1) is 14.1. The fourth-order valence-corrected chi connectivity index (χ4v) is 4.24. The van der Waals surface area contributed by atoms with E-state index in [1.165, 1.54) is 62.2 Å². The first-order valence-electron chi connectivity index (χ1n) is 7.44. The van der Waals surface area contributed by atoms with E-state index in [9.17, 15) is 0 Å². The molecule has 2 aliphatic carbocycles. The predicted octanol–water partition coefficient (Wildman–Crippen LogP) is 4.97. The van der Waals surface area contributed by atoms with Crippen LogP contribution in [0.25, 0.3) is 0 Å². The van der Waals surface area contributed by atoms with Gasteiger partial charge in [-0.15, -0.1) is 0 Å². The van der Waals surface area contributed by atoms with E-state index in [-0.39, 0.29) is 5.60 Å². The van der Waals surface area contributed by atoms with Crippen LogP contribution in [0.15, 0.2) is 0 Å². The van der Waals surface area contributed by atoms with Crippen LogP contribution in [-0.2, 0) is 4.74 Å². The van der Waals surface area contributed by atoms with Crippen LogP contribution in [0, 0.1) is 11.8 Å². The lowest BCUT2D eigenvalue weighted by Gasteiger charge is -2.39. The molecule has 0 radical (unpaired) electrons. The molecule has 2 saturated carbocycles. The smallest absolute Gasteiger partial charge is 0.0771 e.